The third kappa shape index (κ3) is 10.6. The van der Waals surface area contributed by atoms with Crippen LogP contribution in [-0.2, 0) is 20.7 Å². The number of aliphatic hydroxyl groups excluding tert-OH is 1. The molecule has 4 N–H and O–H groups in total. The smallest absolute Gasteiger partial charge is 0.408 e. The van der Waals surface area contributed by atoms with Gasteiger partial charge in [-0.05, 0) is 57.4 Å². The highest BCUT2D eigenvalue weighted by molar-refractivity contribution is 5.92. The molecule has 0 aliphatic heterocycles. The molecular weight excluding hydrogens is 498 g/mol. The van der Waals surface area contributed by atoms with Gasteiger partial charge in [0.1, 0.15) is 23.4 Å². The van der Waals surface area contributed by atoms with Crippen LogP contribution in [0.4, 0.5) is 4.79 Å². The summed E-state index contributed by atoms with van der Waals surface area (Å²) in [5, 5.41) is 25.2. The van der Waals surface area contributed by atoms with Gasteiger partial charge in [-0.3, -0.25) is 9.59 Å². The van der Waals surface area contributed by atoms with E-state index in [2.05, 4.69) is 17.6 Å². The molecule has 0 aromatic heterocycles. The van der Waals surface area contributed by atoms with Gasteiger partial charge < -0.3 is 30.5 Å². The molecular formula is C30H43N3O6. The van der Waals surface area contributed by atoms with E-state index in [4.69, 9.17) is 4.74 Å². The highest BCUT2D eigenvalue weighted by Crippen LogP contribution is 2.24. The Bertz CT molecular complexity index is 1080. The number of carbonyl (C=O) groups is 3. The van der Waals surface area contributed by atoms with Crippen LogP contribution < -0.4 is 10.6 Å². The number of phenols is 1. The van der Waals surface area contributed by atoms with E-state index in [0.717, 1.165) is 24.8 Å². The van der Waals surface area contributed by atoms with E-state index in [-0.39, 0.29) is 31.2 Å². The summed E-state index contributed by atoms with van der Waals surface area (Å²) in [5.74, 6) is -0.833. The first kappa shape index (κ1) is 31.6. The normalized spacial score (nSPS) is 12.8. The summed E-state index contributed by atoms with van der Waals surface area (Å²) in [6.07, 6.45) is 2.07. The molecule has 2 rings (SSSR count). The summed E-state index contributed by atoms with van der Waals surface area (Å²) < 4.78 is 5.41. The minimum absolute atomic E-state index is 0.0721. The number of ether oxygens (including phenoxy) is 1. The number of benzene rings is 2. The van der Waals surface area contributed by atoms with E-state index in [1.54, 1.807) is 39.0 Å². The summed E-state index contributed by atoms with van der Waals surface area (Å²) in [5.41, 5.74) is 1.41. The molecule has 0 saturated carbocycles. The van der Waals surface area contributed by atoms with Crippen molar-refractivity contribution in [2.75, 3.05) is 19.7 Å². The van der Waals surface area contributed by atoms with E-state index < -0.39 is 29.7 Å². The van der Waals surface area contributed by atoms with E-state index in [9.17, 15) is 24.6 Å². The Labute approximate surface area is 231 Å². The molecule has 0 bridgehead atoms. The van der Waals surface area contributed by atoms with Gasteiger partial charge in [0.15, 0.2) is 0 Å². The van der Waals surface area contributed by atoms with Crippen LogP contribution in [0.2, 0.25) is 0 Å². The first-order valence-corrected chi connectivity index (χ1v) is 13.5. The van der Waals surface area contributed by atoms with Crippen molar-refractivity contribution in [2.45, 2.75) is 78.0 Å². The Kier molecular flexibility index (Phi) is 12.3. The van der Waals surface area contributed by atoms with Crippen molar-refractivity contribution >= 4 is 17.9 Å². The number of aryl methyl sites for hydroxylation is 1. The lowest BCUT2D eigenvalue weighted by Crippen LogP contribution is -2.54. The minimum atomic E-state index is -1.10. The maximum absolute atomic E-state index is 14.1. The second-order valence-corrected chi connectivity index (χ2v) is 10.6. The fourth-order valence-electron chi connectivity index (χ4n) is 4.19. The molecule has 0 aliphatic carbocycles. The average molecular weight is 542 g/mol. The number of nitrogens with one attached hydrogen (secondary N) is 2. The fourth-order valence-corrected chi connectivity index (χ4v) is 4.19. The van der Waals surface area contributed by atoms with Gasteiger partial charge in [-0.15, -0.1) is 0 Å². The molecule has 214 valence electrons. The van der Waals surface area contributed by atoms with Gasteiger partial charge in [-0.25, -0.2) is 4.79 Å². The van der Waals surface area contributed by atoms with E-state index in [1.165, 1.54) is 17.0 Å². The Balaban J connectivity index is 2.47. The Hall–Kier alpha value is -3.59. The van der Waals surface area contributed by atoms with Crippen LogP contribution in [0.3, 0.4) is 0 Å². The zero-order chi connectivity index (χ0) is 29.0. The maximum Gasteiger partial charge on any atom is 0.408 e. The third-order valence-electron chi connectivity index (χ3n) is 5.99. The summed E-state index contributed by atoms with van der Waals surface area (Å²) in [6, 6.07) is 11.5. The lowest BCUT2D eigenvalue weighted by atomic mass is 9.99. The molecule has 0 radical (unpaired) electrons. The van der Waals surface area contributed by atoms with Crippen LogP contribution in [-0.4, -0.2) is 64.4 Å². The number of unbranched alkanes of at least 4 members (excludes halogenated alkanes) is 2. The van der Waals surface area contributed by atoms with Crippen molar-refractivity contribution < 1.29 is 29.3 Å². The van der Waals surface area contributed by atoms with E-state index in [1.807, 2.05) is 25.1 Å². The molecule has 2 atom stereocenters. The predicted molar refractivity (Wildman–Crippen MR) is 150 cm³/mol. The van der Waals surface area contributed by atoms with Crippen molar-refractivity contribution in [2.24, 2.45) is 0 Å². The molecule has 2 aromatic carbocycles. The summed E-state index contributed by atoms with van der Waals surface area (Å²) in [4.78, 5) is 41.7. The lowest BCUT2D eigenvalue weighted by Gasteiger charge is -2.34. The van der Waals surface area contributed by atoms with E-state index >= 15 is 0 Å². The molecule has 2 unspecified atom stereocenters. The molecule has 39 heavy (non-hydrogen) atoms. The van der Waals surface area contributed by atoms with Crippen molar-refractivity contribution in [3.63, 3.8) is 0 Å². The topological polar surface area (TPSA) is 128 Å². The second kappa shape index (κ2) is 15.1. The number of amides is 3. The summed E-state index contributed by atoms with van der Waals surface area (Å²) in [6.45, 7) is 9.09. The highest BCUT2D eigenvalue weighted by Gasteiger charge is 2.36. The molecule has 0 fully saturated rings. The largest absolute Gasteiger partial charge is 0.508 e. The number of alkyl carbamates (subject to hydrolysis) is 1. The number of rotatable bonds is 13. The van der Waals surface area contributed by atoms with Crippen molar-refractivity contribution in [1.82, 2.24) is 15.5 Å². The van der Waals surface area contributed by atoms with Crippen LogP contribution in [0.15, 0.2) is 48.5 Å². The van der Waals surface area contributed by atoms with Crippen LogP contribution in [0.1, 0.15) is 69.7 Å². The van der Waals surface area contributed by atoms with E-state index in [0.29, 0.717) is 17.7 Å². The highest BCUT2D eigenvalue weighted by atomic mass is 16.6. The third-order valence-corrected chi connectivity index (χ3v) is 5.99. The van der Waals surface area contributed by atoms with Gasteiger partial charge in [0.2, 0.25) is 11.8 Å². The van der Waals surface area contributed by atoms with Gasteiger partial charge in [-0.2, -0.15) is 0 Å². The Morgan fingerprint density at radius 3 is 2.33 bits per heavy atom. The molecule has 0 heterocycles. The number of nitrogens with zero attached hydrogens (tertiary/aromatic N) is 1. The standard InChI is InChI=1S/C30H43N3O6/c1-6-7-8-16-31-27(36)26(23-11-9-10-21(2)19-23)33(17-18-34)28(37)25(32-29(38)39-30(3,4)5)20-22-12-14-24(35)15-13-22/h9-15,19,25-26,34-35H,6-8,16-18,20H2,1-5H3,(H,31,36)(H,32,38). The second-order valence-electron chi connectivity index (χ2n) is 10.6. The molecule has 2 aromatic rings. The zero-order valence-electron chi connectivity index (χ0n) is 23.7. The first-order valence-electron chi connectivity index (χ1n) is 13.5. The van der Waals surface area contributed by atoms with Gasteiger partial charge in [0, 0.05) is 19.5 Å². The quantitative estimate of drug-likeness (QED) is 0.284. The number of hydrogen-bond acceptors (Lipinski definition) is 6. The molecule has 0 saturated heterocycles. The minimum Gasteiger partial charge on any atom is -0.508 e. The molecule has 9 heteroatoms. The van der Waals surface area contributed by atoms with Crippen molar-refractivity contribution in [1.29, 1.82) is 0 Å². The number of phenolic OH excluding ortho intramolecular Hbond substituents is 1. The SMILES string of the molecule is CCCCCNC(=O)C(c1cccc(C)c1)N(CCO)C(=O)C(Cc1ccc(O)cc1)NC(=O)OC(C)(C)C. The number of aromatic hydroxyl groups is 1. The summed E-state index contributed by atoms with van der Waals surface area (Å²) >= 11 is 0. The predicted octanol–water partition coefficient (Wildman–Crippen LogP) is 4.01. The molecule has 3 amide bonds. The zero-order valence-corrected chi connectivity index (χ0v) is 23.7. The van der Waals surface area contributed by atoms with Crippen LogP contribution >= 0.6 is 0 Å². The van der Waals surface area contributed by atoms with Crippen LogP contribution in [0.25, 0.3) is 0 Å². The van der Waals surface area contributed by atoms with Gasteiger partial charge in [0.25, 0.3) is 0 Å². The van der Waals surface area contributed by atoms with Crippen molar-refractivity contribution in [3.8, 4) is 5.75 Å². The molecule has 0 spiro atoms. The number of hydrogen-bond donors (Lipinski definition) is 4. The van der Waals surface area contributed by atoms with Crippen LogP contribution in [0.5, 0.6) is 5.75 Å². The lowest BCUT2D eigenvalue weighted by molar-refractivity contribution is -0.143. The molecule has 0 aliphatic rings. The fraction of sp³-hybridized carbons (Fsp3) is 0.500. The van der Waals surface area contributed by atoms with Gasteiger partial charge in [-0.1, -0.05) is 61.7 Å². The monoisotopic (exact) mass is 541 g/mol. The number of carbonyl (C=O) groups excluding carboxylic acids is 3. The summed E-state index contributed by atoms with van der Waals surface area (Å²) in [7, 11) is 0. The maximum atomic E-state index is 14.1. The molecule has 9 nitrogen and oxygen atoms in total. The Morgan fingerprint density at radius 1 is 1.05 bits per heavy atom. The van der Waals surface area contributed by atoms with Gasteiger partial charge >= 0.3 is 6.09 Å². The number of aliphatic hydroxyl groups is 1. The average Bonchev–Trinajstić information content (AvgIpc) is 2.86. The van der Waals surface area contributed by atoms with Crippen molar-refractivity contribution in [3.05, 3.63) is 65.2 Å². The van der Waals surface area contributed by atoms with Crippen LogP contribution in [0, 0.1) is 6.92 Å². The van der Waals surface area contributed by atoms with Gasteiger partial charge in [0.05, 0.1) is 6.61 Å². The Morgan fingerprint density at radius 2 is 1.74 bits per heavy atom. The first-order chi connectivity index (χ1) is 18.4.